The first kappa shape index (κ1) is 14.4. The number of rotatable bonds is 3. The van der Waals surface area contributed by atoms with Gasteiger partial charge in [-0.05, 0) is 33.4 Å². The van der Waals surface area contributed by atoms with E-state index in [4.69, 9.17) is 0 Å². The topological polar surface area (TPSA) is 41.0 Å². The van der Waals surface area contributed by atoms with Crippen molar-refractivity contribution in [2.45, 2.75) is 31.8 Å². The van der Waals surface area contributed by atoms with Crippen LogP contribution in [0.2, 0.25) is 0 Å². The standard InChI is InChI=1S/C12H20N4.ClH/c1-10(12-8-14-5-6-15-12)16-7-3-4-11(9-16)13-2;/h5-6,8,10-11,13H,3-4,7,9H2,1-2H3;1H. The Labute approximate surface area is 109 Å². The first-order valence-corrected chi connectivity index (χ1v) is 5.98. The summed E-state index contributed by atoms with van der Waals surface area (Å²) in [6.45, 7) is 4.48. The van der Waals surface area contributed by atoms with Gasteiger partial charge in [0.2, 0.25) is 0 Å². The van der Waals surface area contributed by atoms with Gasteiger partial charge < -0.3 is 5.32 Å². The fraction of sp³-hybridized carbons (Fsp3) is 0.667. The quantitative estimate of drug-likeness (QED) is 0.893. The van der Waals surface area contributed by atoms with E-state index in [0.717, 1.165) is 18.8 Å². The molecule has 2 heterocycles. The van der Waals surface area contributed by atoms with Crippen LogP contribution in [0, 0.1) is 0 Å². The molecule has 17 heavy (non-hydrogen) atoms. The molecule has 2 atom stereocenters. The van der Waals surface area contributed by atoms with Gasteiger partial charge in [0.15, 0.2) is 0 Å². The molecule has 1 N–H and O–H groups in total. The third-order valence-corrected chi connectivity index (χ3v) is 3.42. The normalized spacial score (nSPS) is 22.8. The lowest BCUT2D eigenvalue weighted by Gasteiger charge is -2.36. The zero-order valence-electron chi connectivity index (χ0n) is 10.5. The van der Waals surface area contributed by atoms with Crippen molar-refractivity contribution in [3.63, 3.8) is 0 Å². The summed E-state index contributed by atoms with van der Waals surface area (Å²) in [6.07, 6.45) is 7.90. The molecule has 1 aliphatic rings. The van der Waals surface area contributed by atoms with Crippen molar-refractivity contribution in [3.8, 4) is 0 Å². The minimum atomic E-state index is 0. The number of likely N-dealkylation sites (tertiary alicyclic amines) is 1. The van der Waals surface area contributed by atoms with Gasteiger partial charge in [-0.1, -0.05) is 0 Å². The van der Waals surface area contributed by atoms with Gasteiger partial charge in [0.25, 0.3) is 0 Å². The summed E-state index contributed by atoms with van der Waals surface area (Å²) in [5, 5.41) is 3.36. The van der Waals surface area contributed by atoms with Crippen molar-refractivity contribution in [3.05, 3.63) is 24.3 Å². The zero-order chi connectivity index (χ0) is 11.4. The number of nitrogens with zero attached hydrogens (tertiary/aromatic N) is 3. The van der Waals surface area contributed by atoms with E-state index in [1.807, 2.05) is 13.2 Å². The van der Waals surface area contributed by atoms with Gasteiger partial charge in [-0.3, -0.25) is 14.9 Å². The molecule has 1 aromatic heterocycles. The Bertz CT molecular complexity index is 320. The summed E-state index contributed by atoms with van der Waals surface area (Å²) in [5.74, 6) is 0. The molecular formula is C12H21ClN4. The molecule has 0 saturated carbocycles. The Morgan fingerprint density at radius 2 is 2.29 bits per heavy atom. The highest BCUT2D eigenvalue weighted by Crippen LogP contribution is 2.21. The first-order chi connectivity index (χ1) is 7.81. The van der Waals surface area contributed by atoms with E-state index >= 15 is 0 Å². The molecule has 5 heteroatoms. The molecule has 0 spiro atoms. The minimum Gasteiger partial charge on any atom is -0.316 e. The Morgan fingerprint density at radius 3 is 2.94 bits per heavy atom. The molecule has 96 valence electrons. The van der Waals surface area contributed by atoms with Crippen LogP contribution in [0.1, 0.15) is 31.5 Å². The molecule has 4 nitrogen and oxygen atoms in total. The van der Waals surface area contributed by atoms with E-state index in [-0.39, 0.29) is 12.4 Å². The van der Waals surface area contributed by atoms with E-state index in [1.54, 1.807) is 12.4 Å². The predicted octanol–water partition coefficient (Wildman–Crippen LogP) is 1.64. The lowest BCUT2D eigenvalue weighted by atomic mass is 10.0. The van der Waals surface area contributed by atoms with Gasteiger partial charge in [-0.25, -0.2) is 0 Å². The van der Waals surface area contributed by atoms with Crippen LogP contribution in [0.3, 0.4) is 0 Å². The summed E-state index contributed by atoms with van der Waals surface area (Å²) in [6, 6.07) is 0.984. The van der Waals surface area contributed by atoms with Crippen LogP contribution in [0.15, 0.2) is 18.6 Å². The number of nitrogens with one attached hydrogen (secondary N) is 1. The Balaban J connectivity index is 0.00000144. The summed E-state index contributed by atoms with van der Waals surface area (Å²) < 4.78 is 0. The second-order valence-electron chi connectivity index (χ2n) is 4.43. The maximum atomic E-state index is 4.38. The van der Waals surface area contributed by atoms with Gasteiger partial charge in [0, 0.05) is 31.2 Å². The van der Waals surface area contributed by atoms with E-state index in [9.17, 15) is 0 Å². The molecule has 2 unspecified atom stereocenters. The molecular weight excluding hydrogens is 236 g/mol. The molecule has 0 aromatic carbocycles. The number of halogens is 1. The highest BCUT2D eigenvalue weighted by Gasteiger charge is 2.23. The second-order valence-corrected chi connectivity index (χ2v) is 4.43. The molecule has 0 bridgehead atoms. The third kappa shape index (κ3) is 3.63. The van der Waals surface area contributed by atoms with Crippen molar-refractivity contribution in [1.29, 1.82) is 0 Å². The van der Waals surface area contributed by atoms with Crippen molar-refractivity contribution in [2.75, 3.05) is 20.1 Å². The zero-order valence-corrected chi connectivity index (χ0v) is 11.3. The maximum absolute atomic E-state index is 4.38. The molecule has 1 saturated heterocycles. The SMILES string of the molecule is CNC1CCCN(C(C)c2cnccn2)C1.Cl. The fourth-order valence-electron chi connectivity index (χ4n) is 2.31. The Morgan fingerprint density at radius 1 is 1.47 bits per heavy atom. The molecule has 1 aliphatic heterocycles. The number of hydrogen-bond donors (Lipinski definition) is 1. The van der Waals surface area contributed by atoms with Crippen LogP contribution < -0.4 is 5.32 Å². The van der Waals surface area contributed by atoms with Gasteiger partial charge in [0.05, 0.1) is 11.7 Å². The van der Waals surface area contributed by atoms with Crippen LogP contribution in [0.5, 0.6) is 0 Å². The number of piperidine rings is 1. The molecule has 0 aliphatic carbocycles. The van der Waals surface area contributed by atoms with Gasteiger partial charge in [0.1, 0.15) is 0 Å². The molecule has 1 aromatic rings. The summed E-state index contributed by atoms with van der Waals surface area (Å²) in [5.41, 5.74) is 1.07. The highest BCUT2D eigenvalue weighted by atomic mass is 35.5. The average Bonchev–Trinajstić information content (AvgIpc) is 2.39. The van der Waals surface area contributed by atoms with Gasteiger partial charge in [-0.2, -0.15) is 0 Å². The van der Waals surface area contributed by atoms with Crippen LogP contribution >= 0.6 is 12.4 Å². The number of likely N-dealkylation sites (N-methyl/N-ethyl adjacent to an activating group) is 1. The Kier molecular flexibility index (Phi) is 5.82. The number of hydrogen-bond acceptors (Lipinski definition) is 4. The molecule has 2 rings (SSSR count). The van der Waals surface area contributed by atoms with Gasteiger partial charge in [-0.15, -0.1) is 12.4 Å². The van der Waals surface area contributed by atoms with Crippen molar-refractivity contribution >= 4 is 12.4 Å². The van der Waals surface area contributed by atoms with Crippen LogP contribution in [-0.4, -0.2) is 41.0 Å². The summed E-state index contributed by atoms with van der Waals surface area (Å²) >= 11 is 0. The lowest BCUT2D eigenvalue weighted by Crippen LogP contribution is -2.45. The highest BCUT2D eigenvalue weighted by molar-refractivity contribution is 5.85. The van der Waals surface area contributed by atoms with E-state index < -0.39 is 0 Å². The van der Waals surface area contributed by atoms with Crippen molar-refractivity contribution < 1.29 is 0 Å². The summed E-state index contributed by atoms with van der Waals surface area (Å²) in [4.78, 5) is 11.0. The third-order valence-electron chi connectivity index (χ3n) is 3.42. The Hall–Kier alpha value is -0.710. The number of aromatic nitrogens is 2. The van der Waals surface area contributed by atoms with Crippen LogP contribution in [-0.2, 0) is 0 Å². The fourth-order valence-corrected chi connectivity index (χ4v) is 2.31. The first-order valence-electron chi connectivity index (χ1n) is 5.98. The van der Waals surface area contributed by atoms with E-state index in [1.165, 1.54) is 12.8 Å². The molecule has 1 fully saturated rings. The van der Waals surface area contributed by atoms with E-state index in [2.05, 4.69) is 27.1 Å². The largest absolute Gasteiger partial charge is 0.316 e. The molecule has 0 amide bonds. The van der Waals surface area contributed by atoms with Crippen LogP contribution in [0.4, 0.5) is 0 Å². The average molecular weight is 257 g/mol. The smallest absolute Gasteiger partial charge is 0.0755 e. The lowest BCUT2D eigenvalue weighted by molar-refractivity contribution is 0.146. The van der Waals surface area contributed by atoms with Crippen molar-refractivity contribution in [1.82, 2.24) is 20.2 Å². The predicted molar refractivity (Wildman–Crippen MR) is 71.3 cm³/mol. The minimum absolute atomic E-state index is 0. The van der Waals surface area contributed by atoms with Crippen molar-refractivity contribution in [2.24, 2.45) is 0 Å². The van der Waals surface area contributed by atoms with Gasteiger partial charge >= 0.3 is 0 Å². The monoisotopic (exact) mass is 256 g/mol. The second kappa shape index (κ2) is 6.89. The summed E-state index contributed by atoms with van der Waals surface area (Å²) in [7, 11) is 2.04. The van der Waals surface area contributed by atoms with Crippen LogP contribution in [0.25, 0.3) is 0 Å². The maximum Gasteiger partial charge on any atom is 0.0755 e. The molecule has 0 radical (unpaired) electrons. The van der Waals surface area contributed by atoms with E-state index in [0.29, 0.717) is 12.1 Å².